The van der Waals surface area contributed by atoms with Crippen molar-refractivity contribution in [2.45, 2.75) is 32.2 Å². The molecule has 2 aromatic heterocycles. The zero-order valence-electron chi connectivity index (χ0n) is 12.8. The van der Waals surface area contributed by atoms with Gasteiger partial charge in [-0.2, -0.15) is 10.1 Å². The molecule has 0 unspecified atom stereocenters. The van der Waals surface area contributed by atoms with Crippen LogP contribution in [0.3, 0.4) is 0 Å². The summed E-state index contributed by atoms with van der Waals surface area (Å²) in [6.45, 7) is 5.01. The van der Waals surface area contributed by atoms with Gasteiger partial charge in [-0.25, -0.2) is 0 Å². The summed E-state index contributed by atoms with van der Waals surface area (Å²) >= 11 is 0. The summed E-state index contributed by atoms with van der Waals surface area (Å²) in [5, 5.41) is 4.39. The molecule has 5 nitrogen and oxygen atoms in total. The van der Waals surface area contributed by atoms with Crippen molar-refractivity contribution in [3.8, 4) is 0 Å². The van der Waals surface area contributed by atoms with Crippen molar-refractivity contribution in [1.29, 1.82) is 0 Å². The van der Waals surface area contributed by atoms with Gasteiger partial charge in [0.2, 0.25) is 0 Å². The van der Waals surface area contributed by atoms with E-state index < -0.39 is 0 Å². The highest BCUT2D eigenvalue weighted by molar-refractivity contribution is 5.74. The third-order valence-electron chi connectivity index (χ3n) is 4.50. The molecular weight excluding hydrogens is 276 g/mol. The van der Waals surface area contributed by atoms with E-state index in [-0.39, 0.29) is 0 Å². The molecule has 22 heavy (non-hydrogen) atoms. The third kappa shape index (κ3) is 2.36. The Morgan fingerprint density at radius 2 is 2.05 bits per heavy atom. The normalized spacial score (nSPS) is 16.5. The Morgan fingerprint density at radius 3 is 2.77 bits per heavy atom. The molecule has 5 heteroatoms. The summed E-state index contributed by atoms with van der Waals surface area (Å²) in [5.41, 5.74) is 3.16. The first-order valence-corrected chi connectivity index (χ1v) is 7.96. The quantitative estimate of drug-likeness (QED) is 0.743. The van der Waals surface area contributed by atoms with Crippen molar-refractivity contribution in [2.24, 2.45) is 0 Å². The van der Waals surface area contributed by atoms with E-state index >= 15 is 0 Å². The van der Waals surface area contributed by atoms with Gasteiger partial charge in [-0.1, -0.05) is 12.1 Å². The number of benzene rings is 1. The van der Waals surface area contributed by atoms with Gasteiger partial charge < -0.3 is 9.32 Å². The number of nitrogens with zero attached hydrogens (tertiary/aromatic N) is 4. The van der Waals surface area contributed by atoms with Gasteiger partial charge in [0.05, 0.1) is 6.20 Å². The molecule has 0 atom stereocenters. The first-order chi connectivity index (χ1) is 10.8. The topological polar surface area (TPSA) is 47.1 Å². The molecule has 0 N–H and O–H groups in total. The number of aromatic nitrogens is 3. The molecule has 0 aliphatic carbocycles. The Bertz CT molecular complexity index is 735. The molecule has 4 rings (SSSR count). The second kappa shape index (κ2) is 5.48. The van der Waals surface area contributed by atoms with Crippen LogP contribution in [0.1, 0.15) is 31.2 Å². The maximum Gasteiger partial charge on any atom is 0.298 e. The summed E-state index contributed by atoms with van der Waals surface area (Å²) in [6.07, 6.45) is 6.44. The van der Waals surface area contributed by atoms with Gasteiger partial charge in [-0.15, -0.1) is 0 Å². The third-order valence-corrected chi connectivity index (χ3v) is 4.50. The Labute approximate surface area is 129 Å². The van der Waals surface area contributed by atoms with Gasteiger partial charge in [0, 0.05) is 25.8 Å². The first kappa shape index (κ1) is 13.4. The zero-order chi connectivity index (χ0) is 14.9. The van der Waals surface area contributed by atoms with Crippen molar-refractivity contribution < 1.29 is 4.42 Å². The fourth-order valence-corrected chi connectivity index (χ4v) is 3.16. The van der Waals surface area contributed by atoms with Crippen LogP contribution < -0.4 is 4.90 Å². The highest BCUT2D eigenvalue weighted by Gasteiger charge is 2.24. The molecule has 0 saturated carbocycles. The molecule has 0 amide bonds. The summed E-state index contributed by atoms with van der Waals surface area (Å²) < 4.78 is 7.87. The lowest BCUT2D eigenvalue weighted by molar-refractivity contribution is 0.467. The fourth-order valence-electron chi connectivity index (χ4n) is 3.16. The van der Waals surface area contributed by atoms with Crippen LogP contribution in [0.15, 0.2) is 41.1 Å². The summed E-state index contributed by atoms with van der Waals surface area (Å²) in [7, 11) is 0. The van der Waals surface area contributed by atoms with Gasteiger partial charge in [0.1, 0.15) is 5.52 Å². The van der Waals surface area contributed by atoms with Crippen molar-refractivity contribution in [3.63, 3.8) is 0 Å². The van der Waals surface area contributed by atoms with E-state index in [9.17, 15) is 0 Å². The maximum absolute atomic E-state index is 5.87. The summed E-state index contributed by atoms with van der Waals surface area (Å²) in [5.74, 6) is 0.598. The molecule has 1 saturated heterocycles. The predicted octanol–water partition coefficient (Wildman–Crippen LogP) is 3.43. The number of aryl methyl sites for hydroxylation is 1. The average Bonchev–Trinajstić information content (AvgIpc) is 3.21. The Morgan fingerprint density at radius 1 is 1.23 bits per heavy atom. The van der Waals surface area contributed by atoms with E-state index in [4.69, 9.17) is 4.42 Å². The molecular formula is C17H20N4O. The number of rotatable bonds is 3. The van der Waals surface area contributed by atoms with Crippen molar-refractivity contribution in [3.05, 3.63) is 42.2 Å². The lowest BCUT2D eigenvalue weighted by Crippen LogP contribution is -2.33. The highest BCUT2D eigenvalue weighted by Crippen LogP contribution is 2.31. The van der Waals surface area contributed by atoms with Gasteiger partial charge in [0.15, 0.2) is 5.58 Å². The second-order valence-corrected chi connectivity index (χ2v) is 5.85. The summed E-state index contributed by atoms with van der Waals surface area (Å²) in [6, 6.07) is 8.69. The molecule has 0 radical (unpaired) electrons. The molecule has 1 aromatic carbocycles. The van der Waals surface area contributed by atoms with Crippen LogP contribution in [-0.2, 0) is 6.54 Å². The molecule has 1 fully saturated rings. The van der Waals surface area contributed by atoms with E-state index in [1.807, 2.05) is 35.1 Å². The van der Waals surface area contributed by atoms with E-state index in [0.29, 0.717) is 5.92 Å². The minimum Gasteiger partial charge on any atom is -0.423 e. The SMILES string of the molecule is CCn1cc(C2CCN(c3nc4ccccc4o3)CC2)cn1. The minimum absolute atomic E-state index is 0.598. The lowest BCUT2D eigenvalue weighted by atomic mass is 9.92. The van der Waals surface area contributed by atoms with Crippen LogP contribution in [0, 0.1) is 0 Å². The Balaban J connectivity index is 1.47. The monoisotopic (exact) mass is 296 g/mol. The van der Waals surface area contributed by atoms with E-state index in [1.165, 1.54) is 5.56 Å². The van der Waals surface area contributed by atoms with E-state index in [0.717, 1.165) is 49.6 Å². The van der Waals surface area contributed by atoms with Gasteiger partial charge in [0.25, 0.3) is 6.01 Å². The van der Waals surface area contributed by atoms with Crippen LogP contribution in [0.25, 0.3) is 11.1 Å². The smallest absolute Gasteiger partial charge is 0.298 e. The molecule has 1 aliphatic heterocycles. The second-order valence-electron chi connectivity index (χ2n) is 5.85. The number of hydrogen-bond donors (Lipinski definition) is 0. The van der Waals surface area contributed by atoms with Gasteiger partial charge in [-0.3, -0.25) is 4.68 Å². The van der Waals surface area contributed by atoms with Crippen LogP contribution in [-0.4, -0.2) is 27.9 Å². The minimum atomic E-state index is 0.598. The zero-order valence-corrected chi connectivity index (χ0v) is 12.8. The van der Waals surface area contributed by atoms with Crippen LogP contribution in [0.4, 0.5) is 6.01 Å². The molecule has 0 spiro atoms. The number of para-hydroxylation sites is 2. The molecule has 3 heterocycles. The highest BCUT2D eigenvalue weighted by atomic mass is 16.4. The number of piperidine rings is 1. The number of oxazole rings is 1. The van der Waals surface area contributed by atoms with Crippen molar-refractivity contribution >= 4 is 17.1 Å². The van der Waals surface area contributed by atoms with Crippen LogP contribution in [0.2, 0.25) is 0 Å². The predicted molar refractivity (Wildman–Crippen MR) is 86.1 cm³/mol. The fraction of sp³-hybridized carbons (Fsp3) is 0.412. The number of hydrogen-bond acceptors (Lipinski definition) is 4. The maximum atomic E-state index is 5.87. The first-order valence-electron chi connectivity index (χ1n) is 7.96. The Hall–Kier alpha value is -2.30. The van der Waals surface area contributed by atoms with Gasteiger partial charge in [-0.05, 0) is 43.4 Å². The number of anilines is 1. The van der Waals surface area contributed by atoms with Gasteiger partial charge >= 0.3 is 0 Å². The van der Waals surface area contributed by atoms with E-state index in [2.05, 4.69) is 28.1 Å². The largest absolute Gasteiger partial charge is 0.423 e. The standard InChI is InChI=1S/C17H20N4O/c1-2-21-12-14(11-18-21)13-7-9-20(10-8-13)17-19-15-5-3-4-6-16(15)22-17/h3-6,11-13H,2,7-10H2,1H3. The summed E-state index contributed by atoms with van der Waals surface area (Å²) in [4.78, 5) is 6.85. The lowest BCUT2D eigenvalue weighted by Gasteiger charge is -2.30. The van der Waals surface area contributed by atoms with Crippen LogP contribution >= 0.6 is 0 Å². The Kier molecular flexibility index (Phi) is 3.33. The molecule has 3 aromatic rings. The molecule has 114 valence electrons. The van der Waals surface area contributed by atoms with Crippen molar-refractivity contribution in [1.82, 2.24) is 14.8 Å². The molecule has 0 bridgehead atoms. The van der Waals surface area contributed by atoms with E-state index in [1.54, 1.807) is 0 Å². The molecule has 1 aliphatic rings. The number of fused-ring (bicyclic) bond motifs is 1. The average molecular weight is 296 g/mol. The van der Waals surface area contributed by atoms with Crippen molar-refractivity contribution in [2.75, 3.05) is 18.0 Å². The van der Waals surface area contributed by atoms with Crippen LogP contribution in [0.5, 0.6) is 0 Å².